The number of nitrogens with zero attached hydrogens (tertiary/aromatic N) is 1. The van der Waals surface area contributed by atoms with Gasteiger partial charge in [0.15, 0.2) is 18.1 Å². The quantitative estimate of drug-likeness (QED) is 0.175. The SMILES string of the molecule is CCOc1cc(/C=C(/C#N)C(=O)Nc2cccc(C)c2C)cc(I)c1OCC(=O)Nc1ccc(F)cc1. The Balaban J connectivity index is 1.78. The number of ether oxygens (including phenoxy) is 2. The maximum absolute atomic E-state index is 13.1. The molecule has 2 amide bonds. The molecule has 0 unspecified atom stereocenters. The monoisotopic (exact) mass is 613 g/mol. The Kier molecular flexibility index (Phi) is 9.63. The Labute approximate surface area is 228 Å². The molecule has 0 radical (unpaired) electrons. The minimum atomic E-state index is -0.526. The standard InChI is InChI=1S/C28H25FIN3O4/c1-4-36-25-14-19(12-20(15-31)28(35)33-24-7-5-6-17(2)18(24)3)13-23(30)27(25)37-16-26(34)32-22-10-8-21(29)9-11-22/h5-14H,4,16H2,1-3H3,(H,32,34)(H,33,35)/b20-12-. The highest BCUT2D eigenvalue weighted by atomic mass is 127. The molecule has 0 fully saturated rings. The molecule has 0 saturated heterocycles. The second-order valence-corrected chi connectivity index (χ2v) is 9.14. The van der Waals surface area contributed by atoms with Crippen LogP contribution in [-0.2, 0) is 9.59 Å². The van der Waals surface area contributed by atoms with Gasteiger partial charge >= 0.3 is 0 Å². The van der Waals surface area contributed by atoms with Gasteiger partial charge in [-0.3, -0.25) is 9.59 Å². The second-order valence-electron chi connectivity index (χ2n) is 7.98. The summed E-state index contributed by atoms with van der Waals surface area (Å²) in [4.78, 5) is 25.1. The van der Waals surface area contributed by atoms with Gasteiger partial charge in [0.1, 0.15) is 17.5 Å². The molecule has 2 N–H and O–H groups in total. The number of anilines is 2. The van der Waals surface area contributed by atoms with Crippen molar-refractivity contribution in [1.82, 2.24) is 0 Å². The van der Waals surface area contributed by atoms with Gasteiger partial charge in [0, 0.05) is 11.4 Å². The molecular formula is C28H25FIN3O4. The zero-order valence-corrected chi connectivity index (χ0v) is 22.7. The van der Waals surface area contributed by atoms with Crippen molar-refractivity contribution in [2.24, 2.45) is 0 Å². The summed E-state index contributed by atoms with van der Waals surface area (Å²) in [5, 5.41) is 15.1. The second kappa shape index (κ2) is 12.9. The van der Waals surface area contributed by atoms with E-state index < -0.39 is 17.6 Å². The Morgan fingerprint density at radius 2 is 1.81 bits per heavy atom. The molecule has 3 rings (SSSR count). The first kappa shape index (κ1) is 27.7. The van der Waals surface area contributed by atoms with Crippen LogP contribution >= 0.6 is 22.6 Å². The third kappa shape index (κ3) is 7.54. The van der Waals surface area contributed by atoms with Crippen molar-refractivity contribution in [3.05, 3.63) is 86.2 Å². The molecular weight excluding hydrogens is 588 g/mol. The van der Waals surface area contributed by atoms with Gasteiger partial charge in [0.2, 0.25) is 0 Å². The topological polar surface area (TPSA) is 100 Å². The van der Waals surface area contributed by atoms with E-state index in [2.05, 4.69) is 10.6 Å². The predicted molar refractivity (Wildman–Crippen MR) is 149 cm³/mol. The highest BCUT2D eigenvalue weighted by Gasteiger charge is 2.16. The maximum atomic E-state index is 13.1. The van der Waals surface area contributed by atoms with Crippen LogP contribution in [0.25, 0.3) is 6.08 Å². The van der Waals surface area contributed by atoms with E-state index in [4.69, 9.17) is 9.47 Å². The van der Waals surface area contributed by atoms with Crippen molar-refractivity contribution in [2.45, 2.75) is 20.8 Å². The highest BCUT2D eigenvalue weighted by Crippen LogP contribution is 2.35. The van der Waals surface area contributed by atoms with E-state index in [1.165, 1.54) is 30.3 Å². The summed E-state index contributed by atoms with van der Waals surface area (Å²) < 4.78 is 25.1. The fourth-order valence-corrected chi connectivity index (χ4v) is 4.11. The summed E-state index contributed by atoms with van der Waals surface area (Å²) in [5.74, 6) is -0.637. The number of aryl methyl sites for hydroxylation is 1. The Hall–Kier alpha value is -3.91. The summed E-state index contributed by atoms with van der Waals surface area (Å²) >= 11 is 2.04. The molecule has 9 heteroatoms. The molecule has 0 spiro atoms. The lowest BCUT2D eigenvalue weighted by molar-refractivity contribution is -0.118. The lowest BCUT2D eigenvalue weighted by Gasteiger charge is -2.15. The molecule has 0 aromatic heterocycles. The number of carbonyl (C=O) groups excluding carboxylic acids is 2. The van der Waals surface area contributed by atoms with E-state index >= 15 is 0 Å². The number of benzene rings is 3. The van der Waals surface area contributed by atoms with E-state index in [1.807, 2.05) is 54.6 Å². The average molecular weight is 613 g/mol. The first-order valence-corrected chi connectivity index (χ1v) is 12.4. The number of hydrogen-bond donors (Lipinski definition) is 2. The fraction of sp³-hybridized carbons (Fsp3) is 0.179. The van der Waals surface area contributed by atoms with Crippen LogP contribution < -0.4 is 20.1 Å². The van der Waals surface area contributed by atoms with Crippen LogP contribution in [0.2, 0.25) is 0 Å². The van der Waals surface area contributed by atoms with E-state index in [1.54, 1.807) is 25.1 Å². The minimum absolute atomic E-state index is 0.0773. The molecule has 37 heavy (non-hydrogen) atoms. The van der Waals surface area contributed by atoms with Gasteiger partial charge in [-0.25, -0.2) is 4.39 Å². The Morgan fingerprint density at radius 3 is 2.49 bits per heavy atom. The van der Waals surface area contributed by atoms with Crippen molar-refractivity contribution in [3.63, 3.8) is 0 Å². The molecule has 0 aliphatic rings. The van der Waals surface area contributed by atoms with Gasteiger partial charge in [0.25, 0.3) is 11.8 Å². The molecule has 0 atom stereocenters. The van der Waals surface area contributed by atoms with Crippen molar-refractivity contribution in [1.29, 1.82) is 5.26 Å². The Morgan fingerprint density at radius 1 is 1.08 bits per heavy atom. The van der Waals surface area contributed by atoms with E-state index in [9.17, 15) is 19.2 Å². The Bertz CT molecular complexity index is 1380. The average Bonchev–Trinajstić information content (AvgIpc) is 2.86. The van der Waals surface area contributed by atoms with Crippen LogP contribution in [-0.4, -0.2) is 25.0 Å². The minimum Gasteiger partial charge on any atom is -0.490 e. The van der Waals surface area contributed by atoms with Gasteiger partial charge in [-0.1, -0.05) is 12.1 Å². The summed E-state index contributed by atoms with van der Waals surface area (Å²) in [5.41, 5.74) is 3.51. The number of carbonyl (C=O) groups is 2. The van der Waals surface area contributed by atoms with E-state index in [0.29, 0.717) is 38.6 Å². The number of rotatable bonds is 9. The molecule has 0 aliphatic carbocycles. The molecule has 0 heterocycles. The normalized spacial score (nSPS) is 10.9. The zero-order chi connectivity index (χ0) is 26.9. The molecule has 0 aliphatic heterocycles. The summed E-state index contributed by atoms with van der Waals surface area (Å²) in [6, 6.07) is 16.3. The number of amides is 2. The summed E-state index contributed by atoms with van der Waals surface area (Å²) in [6.45, 7) is 5.68. The number of nitrogens with one attached hydrogen (secondary N) is 2. The van der Waals surface area contributed by atoms with Crippen LogP contribution in [0.5, 0.6) is 11.5 Å². The maximum Gasteiger partial charge on any atom is 0.266 e. The van der Waals surface area contributed by atoms with Crippen molar-refractivity contribution >= 4 is 51.9 Å². The van der Waals surface area contributed by atoms with Crippen LogP contribution in [0, 0.1) is 34.6 Å². The van der Waals surface area contributed by atoms with Crippen molar-refractivity contribution in [3.8, 4) is 17.6 Å². The molecule has 190 valence electrons. The zero-order valence-electron chi connectivity index (χ0n) is 20.5. The smallest absolute Gasteiger partial charge is 0.266 e. The first-order valence-electron chi connectivity index (χ1n) is 11.4. The van der Waals surface area contributed by atoms with Crippen LogP contribution in [0.4, 0.5) is 15.8 Å². The van der Waals surface area contributed by atoms with Crippen molar-refractivity contribution in [2.75, 3.05) is 23.8 Å². The molecule has 0 saturated carbocycles. The molecule has 3 aromatic carbocycles. The van der Waals surface area contributed by atoms with Gasteiger partial charge in [-0.05, 0) is 109 Å². The fourth-order valence-electron chi connectivity index (χ4n) is 3.33. The molecule has 0 bridgehead atoms. The predicted octanol–water partition coefficient (Wildman–Crippen LogP) is 6.01. The number of nitriles is 1. The van der Waals surface area contributed by atoms with Gasteiger partial charge in [0.05, 0.1) is 10.2 Å². The molecule has 3 aromatic rings. The van der Waals surface area contributed by atoms with Crippen LogP contribution in [0.3, 0.4) is 0 Å². The van der Waals surface area contributed by atoms with E-state index in [0.717, 1.165) is 11.1 Å². The first-order chi connectivity index (χ1) is 17.7. The van der Waals surface area contributed by atoms with Crippen LogP contribution in [0.15, 0.2) is 60.2 Å². The summed E-state index contributed by atoms with van der Waals surface area (Å²) in [7, 11) is 0. The van der Waals surface area contributed by atoms with E-state index in [-0.39, 0.29) is 12.2 Å². The van der Waals surface area contributed by atoms with Gasteiger partial charge in [-0.2, -0.15) is 5.26 Å². The number of hydrogen-bond acceptors (Lipinski definition) is 5. The van der Waals surface area contributed by atoms with Gasteiger partial charge in [-0.15, -0.1) is 0 Å². The third-order valence-electron chi connectivity index (χ3n) is 5.34. The molecule has 7 nitrogen and oxygen atoms in total. The third-order valence-corrected chi connectivity index (χ3v) is 6.14. The summed E-state index contributed by atoms with van der Waals surface area (Å²) in [6.07, 6.45) is 1.47. The highest BCUT2D eigenvalue weighted by molar-refractivity contribution is 14.1. The van der Waals surface area contributed by atoms with Gasteiger partial charge < -0.3 is 20.1 Å². The largest absolute Gasteiger partial charge is 0.490 e. The van der Waals surface area contributed by atoms with Crippen LogP contribution in [0.1, 0.15) is 23.6 Å². The number of halogens is 2. The van der Waals surface area contributed by atoms with Crippen molar-refractivity contribution < 1.29 is 23.5 Å². The lowest BCUT2D eigenvalue weighted by atomic mass is 10.1. The lowest BCUT2D eigenvalue weighted by Crippen LogP contribution is -2.20.